The van der Waals surface area contributed by atoms with Crippen LogP contribution < -0.4 is 10.5 Å². The Kier molecular flexibility index (Phi) is 4.47. The van der Waals surface area contributed by atoms with Crippen LogP contribution in [0.4, 0.5) is 5.82 Å². The number of anilines is 1. The van der Waals surface area contributed by atoms with Crippen LogP contribution >= 0.6 is 15.9 Å². The van der Waals surface area contributed by atoms with Crippen molar-refractivity contribution in [1.82, 2.24) is 9.71 Å². The predicted octanol–water partition coefficient (Wildman–Crippen LogP) is 2.28. The van der Waals surface area contributed by atoms with Gasteiger partial charge in [-0.1, -0.05) is 12.8 Å². The summed E-state index contributed by atoms with van der Waals surface area (Å²) in [6, 6.07) is 1.40. The highest BCUT2D eigenvalue weighted by molar-refractivity contribution is 9.10. The summed E-state index contributed by atoms with van der Waals surface area (Å²) in [5.41, 5.74) is 5.65. The van der Waals surface area contributed by atoms with Crippen LogP contribution in [0.1, 0.15) is 32.6 Å². The normalized spacial score (nSPS) is 18.6. The number of hydrogen-bond donors (Lipinski definition) is 2. The Balaban J connectivity index is 2.19. The van der Waals surface area contributed by atoms with Crippen LogP contribution in [-0.4, -0.2) is 19.4 Å². The van der Waals surface area contributed by atoms with Crippen molar-refractivity contribution in [2.75, 3.05) is 5.73 Å². The maximum Gasteiger partial charge on any atom is 0.244 e. The Labute approximate surface area is 122 Å². The van der Waals surface area contributed by atoms with Crippen molar-refractivity contribution in [2.45, 2.75) is 43.5 Å². The van der Waals surface area contributed by atoms with Gasteiger partial charge >= 0.3 is 0 Å². The number of nitrogen functional groups attached to an aromatic ring is 1. The Morgan fingerprint density at radius 3 is 2.74 bits per heavy atom. The summed E-state index contributed by atoms with van der Waals surface area (Å²) >= 11 is 3.21. The van der Waals surface area contributed by atoms with Crippen molar-refractivity contribution in [2.24, 2.45) is 5.92 Å². The monoisotopic (exact) mass is 347 g/mol. The van der Waals surface area contributed by atoms with Gasteiger partial charge in [0, 0.05) is 16.7 Å². The third-order valence-corrected chi connectivity index (χ3v) is 5.61. The first-order chi connectivity index (χ1) is 8.90. The average Bonchev–Trinajstić information content (AvgIpc) is 2.85. The van der Waals surface area contributed by atoms with E-state index in [1.165, 1.54) is 25.1 Å². The van der Waals surface area contributed by atoms with Crippen LogP contribution in [-0.2, 0) is 10.0 Å². The summed E-state index contributed by atoms with van der Waals surface area (Å²) in [6.07, 6.45) is 6.00. The molecule has 0 saturated heterocycles. The van der Waals surface area contributed by atoms with Crippen LogP contribution in [0.2, 0.25) is 0 Å². The molecule has 0 radical (unpaired) electrons. The second kappa shape index (κ2) is 5.76. The number of hydrogen-bond acceptors (Lipinski definition) is 4. The van der Waals surface area contributed by atoms with Crippen LogP contribution in [0.5, 0.6) is 0 Å². The SMILES string of the molecule is CC(NS(=O)(=O)c1cc(Br)cnc1N)C1CCCC1. The number of nitrogens with two attached hydrogens (primary N) is 1. The first-order valence-electron chi connectivity index (χ1n) is 6.33. The molecule has 1 fully saturated rings. The van der Waals surface area contributed by atoms with Crippen molar-refractivity contribution in [3.05, 3.63) is 16.7 Å². The minimum absolute atomic E-state index is 0.0225. The molecule has 0 bridgehead atoms. The molecule has 19 heavy (non-hydrogen) atoms. The van der Waals surface area contributed by atoms with E-state index in [2.05, 4.69) is 25.6 Å². The largest absolute Gasteiger partial charge is 0.383 e. The van der Waals surface area contributed by atoms with E-state index in [1.807, 2.05) is 6.92 Å². The zero-order valence-corrected chi connectivity index (χ0v) is 13.2. The molecule has 1 saturated carbocycles. The summed E-state index contributed by atoms with van der Waals surface area (Å²) in [6.45, 7) is 1.91. The van der Waals surface area contributed by atoms with Crippen LogP contribution in [0, 0.1) is 5.92 Å². The number of nitrogens with one attached hydrogen (secondary N) is 1. The molecule has 1 unspecified atom stereocenters. The molecule has 1 aromatic rings. The van der Waals surface area contributed by atoms with Gasteiger partial charge in [-0.25, -0.2) is 18.1 Å². The molecule has 1 atom stereocenters. The van der Waals surface area contributed by atoms with Crippen molar-refractivity contribution >= 4 is 31.8 Å². The number of rotatable bonds is 4. The maximum atomic E-state index is 12.3. The molecule has 7 heteroatoms. The second-order valence-electron chi connectivity index (χ2n) is 4.99. The van der Waals surface area contributed by atoms with E-state index in [9.17, 15) is 8.42 Å². The van der Waals surface area contributed by atoms with Crippen molar-refractivity contribution in [3.63, 3.8) is 0 Å². The number of pyridine rings is 1. The van der Waals surface area contributed by atoms with Crippen LogP contribution in [0.3, 0.4) is 0 Å². The van der Waals surface area contributed by atoms with Crippen molar-refractivity contribution in [3.8, 4) is 0 Å². The van der Waals surface area contributed by atoms with Crippen molar-refractivity contribution in [1.29, 1.82) is 0 Å². The van der Waals surface area contributed by atoms with E-state index < -0.39 is 10.0 Å². The second-order valence-corrected chi connectivity index (χ2v) is 7.59. The van der Waals surface area contributed by atoms with Gasteiger partial charge < -0.3 is 5.73 Å². The van der Waals surface area contributed by atoms with Gasteiger partial charge in [0.05, 0.1) is 0 Å². The third-order valence-electron chi connectivity index (χ3n) is 3.59. The maximum absolute atomic E-state index is 12.3. The highest BCUT2D eigenvalue weighted by atomic mass is 79.9. The van der Waals surface area contributed by atoms with E-state index in [0.29, 0.717) is 10.4 Å². The number of sulfonamides is 1. The topological polar surface area (TPSA) is 85.1 Å². The minimum Gasteiger partial charge on any atom is -0.383 e. The van der Waals surface area contributed by atoms with Gasteiger partial charge in [-0.15, -0.1) is 0 Å². The van der Waals surface area contributed by atoms with Crippen molar-refractivity contribution < 1.29 is 8.42 Å². The molecule has 1 aromatic heterocycles. The minimum atomic E-state index is -3.62. The Morgan fingerprint density at radius 1 is 1.47 bits per heavy atom. The highest BCUT2D eigenvalue weighted by Gasteiger charge is 2.27. The molecular formula is C12H18BrN3O2S. The van der Waals surface area contributed by atoms with Crippen LogP contribution in [0.15, 0.2) is 21.6 Å². The summed E-state index contributed by atoms with van der Waals surface area (Å²) in [4.78, 5) is 3.90. The molecule has 3 N–H and O–H groups in total. The Bertz CT molecular complexity index is 556. The summed E-state index contributed by atoms with van der Waals surface area (Å²) in [5, 5.41) is 0. The van der Waals surface area contributed by atoms with E-state index >= 15 is 0 Å². The Hall–Kier alpha value is -0.660. The lowest BCUT2D eigenvalue weighted by atomic mass is 10.0. The van der Waals surface area contributed by atoms with E-state index in [4.69, 9.17) is 5.73 Å². The average molecular weight is 348 g/mol. The van der Waals surface area contributed by atoms with Gasteiger partial charge in [-0.2, -0.15) is 0 Å². The zero-order valence-electron chi connectivity index (χ0n) is 10.8. The molecule has 2 rings (SSSR count). The summed E-state index contributed by atoms with van der Waals surface area (Å²) in [7, 11) is -3.62. The van der Waals surface area contributed by atoms with E-state index in [-0.39, 0.29) is 16.8 Å². The van der Waals surface area contributed by atoms with Gasteiger partial charge in [0.25, 0.3) is 0 Å². The molecular weight excluding hydrogens is 330 g/mol. The molecule has 1 aliphatic carbocycles. The van der Waals surface area contributed by atoms with Crippen LogP contribution in [0.25, 0.3) is 0 Å². The smallest absolute Gasteiger partial charge is 0.244 e. The third kappa shape index (κ3) is 3.46. The zero-order chi connectivity index (χ0) is 14.0. The quantitative estimate of drug-likeness (QED) is 0.874. The molecule has 1 aliphatic rings. The summed E-state index contributed by atoms with van der Waals surface area (Å²) < 4.78 is 27.9. The van der Waals surface area contributed by atoms with Gasteiger partial charge in [0.15, 0.2) is 0 Å². The molecule has 0 amide bonds. The molecule has 0 spiro atoms. The van der Waals surface area contributed by atoms with Gasteiger partial charge in [0.1, 0.15) is 10.7 Å². The van der Waals surface area contributed by atoms with E-state index in [0.717, 1.165) is 12.8 Å². The number of nitrogens with zero attached hydrogens (tertiary/aromatic N) is 1. The molecule has 0 aromatic carbocycles. The summed E-state index contributed by atoms with van der Waals surface area (Å²) in [5.74, 6) is 0.436. The molecule has 1 heterocycles. The first-order valence-corrected chi connectivity index (χ1v) is 8.61. The molecule has 106 valence electrons. The van der Waals surface area contributed by atoms with Gasteiger partial charge in [0.2, 0.25) is 10.0 Å². The lowest BCUT2D eigenvalue weighted by Crippen LogP contribution is -2.37. The first kappa shape index (κ1) is 14.7. The van der Waals surface area contributed by atoms with Gasteiger partial charge in [-0.3, -0.25) is 0 Å². The number of halogens is 1. The number of aromatic nitrogens is 1. The van der Waals surface area contributed by atoms with Gasteiger partial charge in [-0.05, 0) is 47.7 Å². The van der Waals surface area contributed by atoms with E-state index in [1.54, 1.807) is 0 Å². The highest BCUT2D eigenvalue weighted by Crippen LogP contribution is 2.29. The fraction of sp³-hybridized carbons (Fsp3) is 0.583. The molecule has 5 nitrogen and oxygen atoms in total. The molecule has 0 aliphatic heterocycles. The lowest BCUT2D eigenvalue weighted by Gasteiger charge is -2.20. The standard InChI is InChI=1S/C12H18BrN3O2S/c1-8(9-4-2-3-5-9)16-19(17,18)11-6-10(13)7-15-12(11)14/h6-9,16H,2-5H2,1H3,(H2,14,15). The fourth-order valence-electron chi connectivity index (χ4n) is 2.51. The predicted molar refractivity (Wildman–Crippen MR) is 78.1 cm³/mol. The lowest BCUT2D eigenvalue weighted by molar-refractivity contribution is 0.424. The Morgan fingerprint density at radius 2 is 2.11 bits per heavy atom. The fourth-order valence-corrected chi connectivity index (χ4v) is 4.41.